The maximum absolute atomic E-state index is 12.3. The molecule has 6 heteroatoms. The Morgan fingerprint density at radius 3 is 2.50 bits per heavy atom. The van der Waals surface area contributed by atoms with Crippen LogP contribution in [-0.4, -0.2) is 31.3 Å². The Labute approximate surface area is 114 Å². The van der Waals surface area contributed by atoms with Gasteiger partial charge in [-0.1, -0.05) is 29.9 Å². The van der Waals surface area contributed by atoms with E-state index in [1.165, 1.54) is 11.4 Å². The van der Waals surface area contributed by atoms with Gasteiger partial charge in [0.25, 0.3) is 0 Å². The molecule has 0 fully saturated rings. The Kier molecular flexibility index (Phi) is 4.84. The lowest BCUT2D eigenvalue weighted by atomic mass is 10.2. The molecule has 1 aromatic rings. The van der Waals surface area contributed by atoms with Crippen molar-refractivity contribution in [1.29, 1.82) is 0 Å². The van der Waals surface area contributed by atoms with E-state index in [9.17, 15) is 8.42 Å². The zero-order chi connectivity index (χ0) is 13.9. The lowest BCUT2D eigenvalue weighted by Crippen LogP contribution is -2.30. The van der Waals surface area contributed by atoms with E-state index in [4.69, 9.17) is 18.0 Å². The number of sulfonamides is 1. The lowest BCUT2D eigenvalue weighted by molar-refractivity contribution is 0.478. The summed E-state index contributed by atoms with van der Waals surface area (Å²) in [6, 6.07) is 5.28. The third kappa shape index (κ3) is 3.51. The highest BCUT2D eigenvalue weighted by Crippen LogP contribution is 2.20. The molecule has 0 radical (unpaired) electrons. The SMILES string of the molecule is Cc1ccc(S(=O)(=O)N(C)CCC(N)=S)c(C)c1. The molecule has 2 N–H and O–H groups in total. The quantitative estimate of drug-likeness (QED) is 0.835. The van der Waals surface area contributed by atoms with Crippen molar-refractivity contribution in [1.82, 2.24) is 4.31 Å². The predicted molar refractivity (Wildman–Crippen MR) is 77.1 cm³/mol. The Morgan fingerprint density at radius 2 is 2.00 bits per heavy atom. The van der Waals surface area contributed by atoms with Crippen molar-refractivity contribution in [3.8, 4) is 0 Å². The molecule has 1 rings (SSSR count). The zero-order valence-corrected chi connectivity index (χ0v) is 12.4. The maximum atomic E-state index is 12.3. The van der Waals surface area contributed by atoms with Crippen LogP contribution in [0, 0.1) is 13.8 Å². The molecule has 0 aliphatic rings. The monoisotopic (exact) mass is 286 g/mol. The number of rotatable bonds is 5. The standard InChI is InChI=1S/C12H18N2O2S2/c1-9-4-5-11(10(2)8-9)18(15,16)14(3)7-6-12(13)17/h4-5,8H,6-7H2,1-3H3,(H2,13,17). The molecule has 0 heterocycles. The number of nitrogens with two attached hydrogens (primary N) is 1. The van der Waals surface area contributed by atoms with Crippen LogP contribution < -0.4 is 5.73 Å². The van der Waals surface area contributed by atoms with Gasteiger partial charge >= 0.3 is 0 Å². The molecule has 4 nitrogen and oxygen atoms in total. The summed E-state index contributed by atoms with van der Waals surface area (Å²) in [4.78, 5) is 0.649. The van der Waals surface area contributed by atoms with Gasteiger partial charge in [0, 0.05) is 20.0 Å². The van der Waals surface area contributed by atoms with Crippen molar-refractivity contribution in [2.75, 3.05) is 13.6 Å². The summed E-state index contributed by atoms with van der Waals surface area (Å²) in [5.41, 5.74) is 7.17. The molecular formula is C12H18N2O2S2. The second-order valence-electron chi connectivity index (χ2n) is 4.31. The van der Waals surface area contributed by atoms with Gasteiger partial charge in [-0.25, -0.2) is 12.7 Å². The van der Waals surface area contributed by atoms with Gasteiger partial charge in [-0.3, -0.25) is 0 Å². The fraction of sp³-hybridized carbons (Fsp3) is 0.417. The molecule has 100 valence electrons. The van der Waals surface area contributed by atoms with Crippen LogP contribution >= 0.6 is 12.2 Å². The van der Waals surface area contributed by atoms with Crippen molar-refractivity contribution in [2.24, 2.45) is 5.73 Å². The summed E-state index contributed by atoms with van der Waals surface area (Å²) in [7, 11) is -1.93. The van der Waals surface area contributed by atoms with Crippen molar-refractivity contribution < 1.29 is 8.42 Å². The Morgan fingerprint density at radius 1 is 1.39 bits per heavy atom. The van der Waals surface area contributed by atoms with E-state index in [1.54, 1.807) is 19.1 Å². The molecule has 0 bridgehead atoms. The van der Waals surface area contributed by atoms with Crippen LogP contribution in [0.1, 0.15) is 17.5 Å². The molecule has 0 aliphatic carbocycles. The van der Waals surface area contributed by atoms with Gasteiger partial charge in [-0.2, -0.15) is 0 Å². The van der Waals surface area contributed by atoms with E-state index >= 15 is 0 Å². The first-order valence-corrected chi connectivity index (χ1v) is 7.42. The second kappa shape index (κ2) is 5.77. The normalized spacial score (nSPS) is 11.8. The van der Waals surface area contributed by atoms with Crippen LogP contribution in [-0.2, 0) is 10.0 Å². The summed E-state index contributed by atoms with van der Waals surface area (Å²) >= 11 is 4.75. The molecule has 0 unspecified atom stereocenters. The van der Waals surface area contributed by atoms with E-state index in [-0.39, 0.29) is 0 Å². The Hall–Kier alpha value is -0.980. The van der Waals surface area contributed by atoms with E-state index in [1.807, 2.05) is 13.0 Å². The predicted octanol–water partition coefficient (Wildman–Crippen LogP) is 1.60. The first-order valence-electron chi connectivity index (χ1n) is 5.57. The first kappa shape index (κ1) is 15.1. The van der Waals surface area contributed by atoms with Crippen LogP contribution in [0.4, 0.5) is 0 Å². The van der Waals surface area contributed by atoms with E-state index in [0.29, 0.717) is 22.8 Å². The summed E-state index contributed by atoms with van der Waals surface area (Å²) in [5, 5.41) is 0. The molecule has 0 saturated carbocycles. The largest absolute Gasteiger partial charge is 0.393 e. The van der Waals surface area contributed by atoms with Crippen molar-refractivity contribution in [3.05, 3.63) is 29.3 Å². The topological polar surface area (TPSA) is 63.4 Å². The number of benzene rings is 1. The number of hydrogen-bond acceptors (Lipinski definition) is 3. The van der Waals surface area contributed by atoms with Gasteiger partial charge in [0.05, 0.1) is 9.88 Å². The summed E-state index contributed by atoms with van der Waals surface area (Å²) in [6.45, 7) is 4.02. The highest BCUT2D eigenvalue weighted by atomic mass is 32.2. The van der Waals surface area contributed by atoms with Crippen LogP contribution in [0.2, 0.25) is 0 Å². The number of aryl methyl sites for hydroxylation is 2. The fourth-order valence-corrected chi connectivity index (χ4v) is 3.11. The summed E-state index contributed by atoms with van der Waals surface area (Å²) in [5.74, 6) is 0. The van der Waals surface area contributed by atoms with Crippen molar-refractivity contribution in [3.63, 3.8) is 0 Å². The second-order valence-corrected chi connectivity index (χ2v) is 6.85. The minimum absolute atomic E-state index is 0.297. The van der Waals surface area contributed by atoms with Crippen LogP contribution in [0.25, 0.3) is 0 Å². The molecule has 0 spiro atoms. The molecule has 0 aromatic heterocycles. The molecule has 0 saturated heterocycles. The average molecular weight is 286 g/mol. The van der Waals surface area contributed by atoms with Gasteiger partial charge in [-0.05, 0) is 25.5 Å². The third-order valence-corrected chi connectivity index (χ3v) is 4.91. The number of thiocarbonyl (C=S) groups is 1. The fourth-order valence-electron chi connectivity index (χ4n) is 1.64. The maximum Gasteiger partial charge on any atom is 0.243 e. The summed E-state index contributed by atoms with van der Waals surface area (Å²) in [6.07, 6.45) is 0.385. The minimum Gasteiger partial charge on any atom is -0.393 e. The first-order chi connectivity index (χ1) is 8.25. The van der Waals surface area contributed by atoms with Crippen LogP contribution in [0.3, 0.4) is 0 Å². The van der Waals surface area contributed by atoms with E-state index in [0.717, 1.165) is 11.1 Å². The van der Waals surface area contributed by atoms with Crippen molar-refractivity contribution >= 4 is 27.2 Å². The van der Waals surface area contributed by atoms with Gasteiger partial charge in [0.1, 0.15) is 0 Å². The molecule has 1 aromatic carbocycles. The number of hydrogen-bond donors (Lipinski definition) is 1. The highest BCUT2D eigenvalue weighted by Gasteiger charge is 2.22. The smallest absolute Gasteiger partial charge is 0.243 e. The zero-order valence-electron chi connectivity index (χ0n) is 10.8. The summed E-state index contributed by atoms with van der Waals surface area (Å²) < 4.78 is 25.9. The minimum atomic E-state index is -3.46. The van der Waals surface area contributed by atoms with E-state index in [2.05, 4.69) is 0 Å². The van der Waals surface area contributed by atoms with Gasteiger partial charge in [0.15, 0.2) is 0 Å². The highest BCUT2D eigenvalue weighted by molar-refractivity contribution is 7.89. The number of nitrogens with zero attached hydrogens (tertiary/aromatic N) is 1. The molecule has 0 amide bonds. The van der Waals surface area contributed by atoms with Gasteiger partial charge < -0.3 is 5.73 Å². The Balaban J connectivity index is 3.02. The van der Waals surface area contributed by atoms with Crippen LogP contribution in [0.15, 0.2) is 23.1 Å². The molecule has 0 atom stereocenters. The molecular weight excluding hydrogens is 268 g/mol. The van der Waals surface area contributed by atoms with Crippen molar-refractivity contribution in [2.45, 2.75) is 25.2 Å². The van der Waals surface area contributed by atoms with Gasteiger partial charge in [-0.15, -0.1) is 0 Å². The van der Waals surface area contributed by atoms with Crippen LogP contribution in [0.5, 0.6) is 0 Å². The lowest BCUT2D eigenvalue weighted by Gasteiger charge is -2.18. The average Bonchev–Trinajstić information content (AvgIpc) is 2.24. The van der Waals surface area contributed by atoms with Gasteiger partial charge in [0.2, 0.25) is 10.0 Å². The Bertz CT molecular complexity index is 553. The molecule has 0 aliphatic heterocycles. The van der Waals surface area contributed by atoms with E-state index < -0.39 is 10.0 Å². The third-order valence-electron chi connectivity index (χ3n) is 2.69. The molecule has 18 heavy (non-hydrogen) atoms.